The predicted octanol–water partition coefficient (Wildman–Crippen LogP) is 1.96. The van der Waals surface area contributed by atoms with Crippen molar-refractivity contribution >= 4 is 11.6 Å². The number of carbonyl (C=O) groups is 1. The number of likely N-dealkylation sites (tertiary alicyclic amines) is 1. The second kappa shape index (κ2) is 7.00. The molecule has 0 saturated carbocycles. The van der Waals surface area contributed by atoms with Crippen LogP contribution < -0.4 is 5.56 Å². The minimum atomic E-state index is -0.164. The summed E-state index contributed by atoms with van der Waals surface area (Å²) in [7, 11) is 1.62. The largest absolute Gasteiger partial charge is 0.383 e. The predicted molar refractivity (Wildman–Crippen MR) is 102 cm³/mol. The molecule has 0 unspecified atom stereocenters. The first-order chi connectivity index (χ1) is 13.1. The maximum absolute atomic E-state index is 12.7. The number of hydrogen-bond acceptors (Lipinski definition) is 4. The maximum Gasteiger partial charge on any atom is 0.272 e. The van der Waals surface area contributed by atoms with E-state index < -0.39 is 0 Å². The maximum atomic E-state index is 12.7. The monoisotopic (exact) mass is 366 g/mol. The summed E-state index contributed by atoms with van der Waals surface area (Å²) in [6, 6.07) is 11.4. The molecule has 3 aromatic rings. The lowest BCUT2D eigenvalue weighted by Gasteiger charge is -2.15. The van der Waals surface area contributed by atoms with Gasteiger partial charge in [-0.1, -0.05) is 30.3 Å². The van der Waals surface area contributed by atoms with E-state index in [0.29, 0.717) is 37.5 Å². The third-order valence-electron chi connectivity index (χ3n) is 5.13. The van der Waals surface area contributed by atoms with Crippen molar-refractivity contribution in [2.24, 2.45) is 0 Å². The van der Waals surface area contributed by atoms with Crippen LogP contribution in [0.4, 0.5) is 0 Å². The number of carbonyl (C=O) groups excluding carboxylic acids is 1. The number of nitrogens with one attached hydrogen (secondary N) is 1. The summed E-state index contributed by atoms with van der Waals surface area (Å²) >= 11 is 0. The highest BCUT2D eigenvalue weighted by atomic mass is 16.5. The van der Waals surface area contributed by atoms with Gasteiger partial charge in [0.25, 0.3) is 5.56 Å². The molecule has 27 heavy (non-hydrogen) atoms. The summed E-state index contributed by atoms with van der Waals surface area (Å²) in [6.45, 7) is 3.59. The van der Waals surface area contributed by atoms with E-state index in [4.69, 9.17) is 9.72 Å². The summed E-state index contributed by atoms with van der Waals surface area (Å²) < 4.78 is 6.54. The Kier molecular flexibility index (Phi) is 4.53. The SMILES string of the molecule is COCCN1C[C@@H](c2cc(=O)n3[nH]c(-c4ccccc4)c(C)c3n2)CC1=O. The highest BCUT2D eigenvalue weighted by Gasteiger charge is 2.32. The zero-order chi connectivity index (χ0) is 19.0. The molecule has 140 valence electrons. The molecule has 1 amide bonds. The van der Waals surface area contributed by atoms with E-state index in [9.17, 15) is 9.59 Å². The summed E-state index contributed by atoms with van der Waals surface area (Å²) in [5.41, 5.74) is 3.92. The van der Waals surface area contributed by atoms with Crippen molar-refractivity contribution in [3.63, 3.8) is 0 Å². The van der Waals surface area contributed by atoms with Crippen LogP contribution in [0.2, 0.25) is 0 Å². The molecule has 0 spiro atoms. The fourth-order valence-corrected chi connectivity index (χ4v) is 3.65. The van der Waals surface area contributed by atoms with Gasteiger partial charge in [0.2, 0.25) is 5.91 Å². The second-order valence-corrected chi connectivity index (χ2v) is 6.89. The smallest absolute Gasteiger partial charge is 0.272 e. The molecule has 1 aromatic carbocycles. The number of aryl methyl sites for hydroxylation is 1. The lowest BCUT2D eigenvalue weighted by atomic mass is 10.0. The van der Waals surface area contributed by atoms with Crippen LogP contribution in [-0.4, -0.2) is 52.2 Å². The Morgan fingerprint density at radius 3 is 2.78 bits per heavy atom. The molecule has 3 heterocycles. The van der Waals surface area contributed by atoms with Crippen molar-refractivity contribution in [2.75, 3.05) is 26.8 Å². The summed E-state index contributed by atoms with van der Waals surface area (Å²) in [6.07, 6.45) is 0.376. The van der Waals surface area contributed by atoms with Crippen LogP contribution in [-0.2, 0) is 9.53 Å². The molecule has 1 aliphatic rings. The van der Waals surface area contributed by atoms with Gasteiger partial charge in [-0.3, -0.25) is 14.7 Å². The first-order valence-electron chi connectivity index (χ1n) is 9.03. The van der Waals surface area contributed by atoms with Crippen LogP contribution >= 0.6 is 0 Å². The molecule has 0 bridgehead atoms. The summed E-state index contributed by atoms with van der Waals surface area (Å²) in [5.74, 6) is 0.0105. The zero-order valence-corrected chi connectivity index (χ0v) is 15.4. The van der Waals surface area contributed by atoms with E-state index in [-0.39, 0.29) is 17.4 Å². The minimum absolute atomic E-state index is 0.0680. The molecule has 1 aliphatic heterocycles. The molecule has 0 aliphatic carbocycles. The number of hydrogen-bond donors (Lipinski definition) is 1. The van der Waals surface area contributed by atoms with Crippen LogP contribution in [0.25, 0.3) is 16.9 Å². The normalized spacial score (nSPS) is 17.2. The Morgan fingerprint density at radius 1 is 1.26 bits per heavy atom. The van der Waals surface area contributed by atoms with Gasteiger partial charge in [0.1, 0.15) is 0 Å². The van der Waals surface area contributed by atoms with E-state index in [1.807, 2.05) is 37.3 Å². The second-order valence-electron chi connectivity index (χ2n) is 6.89. The average Bonchev–Trinajstić information content (AvgIpc) is 3.21. The van der Waals surface area contributed by atoms with Crippen LogP contribution in [0.5, 0.6) is 0 Å². The Labute approximate surface area is 156 Å². The van der Waals surface area contributed by atoms with Gasteiger partial charge in [0, 0.05) is 44.2 Å². The number of amides is 1. The van der Waals surface area contributed by atoms with Gasteiger partial charge in [-0.2, -0.15) is 0 Å². The van der Waals surface area contributed by atoms with E-state index in [0.717, 1.165) is 16.8 Å². The number of aromatic nitrogens is 3. The molecule has 7 nitrogen and oxygen atoms in total. The number of fused-ring (bicyclic) bond motifs is 1. The fourth-order valence-electron chi connectivity index (χ4n) is 3.65. The first kappa shape index (κ1) is 17.5. The Bertz CT molecular complexity index is 1040. The molecule has 4 rings (SSSR count). The minimum Gasteiger partial charge on any atom is -0.383 e. The lowest BCUT2D eigenvalue weighted by Crippen LogP contribution is -2.28. The van der Waals surface area contributed by atoms with Crippen LogP contribution in [0, 0.1) is 6.92 Å². The van der Waals surface area contributed by atoms with Gasteiger partial charge in [-0.25, -0.2) is 9.50 Å². The van der Waals surface area contributed by atoms with Crippen molar-refractivity contribution in [3.8, 4) is 11.3 Å². The Morgan fingerprint density at radius 2 is 2.04 bits per heavy atom. The zero-order valence-electron chi connectivity index (χ0n) is 15.4. The van der Waals surface area contributed by atoms with Crippen molar-refractivity contribution in [1.29, 1.82) is 0 Å². The Balaban J connectivity index is 1.71. The molecule has 1 N–H and O–H groups in total. The number of ether oxygens (including phenoxy) is 1. The molecule has 7 heteroatoms. The first-order valence-corrected chi connectivity index (χ1v) is 9.03. The Hall–Kier alpha value is -2.93. The highest BCUT2D eigenvalue weighted by Crippen LogP contribution is 2.28. The van der Waals surface area contributed by atoms with Crippen LogP contribution in [0.3, 0.4) is 0 Å². The number of benzene rings is 1. The summed E-state index contributed by atoms with van der Waals surface area (Å²) in [4.78, 5) is 31.4. The van der Waals surface area contributed by atoms with Gasteiger partial charge in [0.15, 0.2) is 5.65 Å². The topological polar surface area (TPSA) is 79.7 Å². The number of rotatable bonds is 5. The fraction of sp³-hybridized carbons (Fsp3) is 0.350. The van der Waals surface area contributed by atoms with Crippen molar-refractivity contribution in [2.45, 2.75) is 19.3 Å². The average molecular weight is 366 g/mol. The van der Waals surface area contributed by atoms with Gasteiger partial charge in [0.05, 0.1) is 18.0 Å². The molecule has 1 atom stereocenters. The van der Waals surface area contributed by atoms with E-state index in [2.05, 4.69) is 5.10 Å². The lowest BCUT2D eigenvalue weighted by molar-refractivity contribution is -0.128. The molecule has 1 fully saturated rings. The van der Waals surface area contributed by atoms with Gasteiger partial charge in [-0.15, -0.1) is 0 Å². The third kappa shape index (κ3) is 3.14. The third-order valence-corrected chi connectivity index (χ3v) is 5.13. The van der Waals surface area contributed by atoms with E-state index in [1.165, 1.54) is 10.6 Å². The molecular formula is C20H22N4O3. The van der Waals surface area contributed by atoms with Gasteiger partial charge in [-0.05, 0) is 12.5 Å². The van der Waals surface area contributed by atoms with E-state index in [1.54, 1.807) is 12.0 Å². The van der Waals surface area contributed by atoms with Gasteiger partial charge < -0.3 is 9.64 Å². The standard InChI is InChI=1S/C20H22N4O3/c1-13-19(14-6-4-3-5-7-14)22-24-18(26)11-16(21-20(13)24)15-10-17(25)23(12-15)8-9-27-2/h3-7,11,15,22H,8-10,12H2,1-2H3/t15-/m0/s1. The summed E-state index contributed by atoms with van der Waals surface area (Å²) in [5, 5.41) is 3.16. The number of H-pyrrole nitrogens is 1. The molecule has 0 radical (unpaired) electrons. The highest BCUT2D eigenvalue weighted by molar-refractivity contribution is 5.79. The van der Waals surface area contributed by atoms with Gasteiger partial charge >= 0.3 is 0 Å². The number of methoxy groups -OCH3 is 1. The molecular weight excluding hydrogens is 344 g/mol. The van der Waals surface area contributed by atoms with Crippen molar-refractivity contribution in [3.05, 3.63) is 58.0 Å². The molecule has 1 saturated heterocycles. The van der Waals surface area contributed by atoms with Crippen LogP contribution in [0.1, 0.15) is 23.6 Å². The number of aromatic amines is 1. The van der Waals surface area contributed by atoms with Crippen molar-refractivity contribution in [1.82, 2.24) is 19.5 Å². The number of nitrogens with zero attached hydrogens (tertiary/aromatic N) is 3. The molecule has 2 aromatic heterocycles. The van der Waals surface area contributed by atoms with Crippen LogP contribution in [0.15, 0.2) is 41.2 Å². The quantitative estimate of drug-likeness (QED) is 0.749. The van der Waals surface area contributed by atoms with E-state index >= 15 is 0 Å². The van der Waals surface area contributed by atoms with Crippen molar-refractivity contribution < 1.29 is 9.53 Å².